The molecule has 0 amide bonds. The van der Waals surface area contributed by atoms with E-state index in [0.29, 0.717) is 17.3 Å². The van der Waals surface area contributed by atoms with Crippen LogP contribution in [0.2, 0.25) is 5.02 Å². The summed E-state index contributed by atoms with van der Waals surface area (Å²) in [7, 11) is 3.40. The van der Waals surface area contributed by atoms with Crippen molar-refractivity contribution in [3.05, 3.63) is 28.8 Å². The first-order valence-corrected chi connectivity index (χ1v) is 5.84. The van der Waals surface area contributed by atoms with Gasteiger partial charge in [-0.25, -0.2) is 0 Å². The number of nitrogens with zero attached hydrogens (tertiary/aromatic N) is 2. The second-order valence-corrected chi connectivity index (χ2v) is 4.41. The Kier molecular flexibility index (Phi) is 5.63. The van der Waals surface area contributed by atoms with Crippen molar-refractivity contribution in [2.24, 2.45) is 0 Å². The van der Waals surface area contributed by atoms with E-state index >= 15 is 0 Å². The number of benzene rings is 1. The van der Waals surface area contributed by atoms with E-state index in [-0.39, 0.29) is 18.7 Å². The minimum absolute atomic E-state index is 0.0549. The molecule has 1 aromatic carbocycles. The van der Waals surface area contributed by atoms with Crippen LogP contribution >= 0.6 is 11.6 Å². The predicted octanol–water partition coefficient (Wildman–Crippen LogP) is 2.26. The Balaban J connectivity index is 2.62. The Morgan fingerprint density at radius 2 is 2.28 bits per heavy atom. The molecule has 18 heavy (non-hydrogen) atoms. The average molecular weight is 267 g/mol. The molecule has 0 fully saturated rings. The van der Waals surface area contributed by atoms with Crippen LogP contribution in [0.3, 0.4) is 0 Å². The zero-order valence-electron chi connectivity index (χ0n) is 10.4. The zero-order valence-corrected chi connectivity index (χ0v) is 11.2. The van der Waals surface area contributed by atoms with Crippen LogP contribution in [0.5, 0.6) is 5.75 Å². The topological polar surface area (TPSA) is 53.3 Å². The third-order valence-electron chi connectivity index (χ3n) is 2.42. The summed E-state index contributed by atoms with van der Waals surface area (Å²) in [5.41, 5.74) is 0.921. The van der Waals surface area contributed by atoms with Crippen LogP contribution in [0.4, 0.5) is 0 Å². The van der Waals surface area contributed by atoms with Gasteiger partial charge in [0.05, 0.1) is 26.1 Å². The molecule has 0 N–H and O–H groups in total. The lowest BCUT2D eigenvalue weighted by molar-refractivity contribution is -0.119. The number of Topliss-reactive ketones (excluding diaryl/α,β-unsaturated/α-hetero) is 1. The molecule has 0 radical (unpaired) electrons. The molecule has 96 valence electrons. The van der Waals surface area contributed by atoms with Gasteiger partial charge in [-0.05, 0) is 24.7 Å². The number of ketones is 1. The molecule has 0 atom stereocenters. The summed E-state index contributed by atoms with van der Waals surface area (Å²) < 4.78 is 5.06. The second-order valence-electron chi connectivity index (χ2n) is 4.00. The molecule has 0 spiro atoms. The fourth-order valence-electron chi connectivity index (χ4n) is 1.58. The number of halogens is 1. The molecule has 1 rings (SSSR count). The molecule has 1 aromatic rings. The number of methoxy groups -OCH3 is 1. The molecule has 5 heteroatoms. The Morgan fingerprint density at radius 3 is 2.83 bits per heavy atom. The van der Waals surface area contributed by atoms with Gasteiger partial charge in [-0.1, -0.05) is 17.7 Å². The molecule has 0 bridgehead atoms. The molecule has 0 saturated heterocycles. The van der Waals surface area contributed by atoms with Crippen molar-refractivity contribution in [3.8, 4) is 11.8 Å². The van der Waals surface area contributed by atoms with E-state index in [9.17, 15) is 4.79 Å². The van der Waals surface area contributed by atoms with Gasteiger partial charge in [-0.2, -0.15) is 5.26 Å². The zero-order chi connectivity index (χ0) is 13.5. The summed E-state index contributed by atoms with van der Waals surface area (Å²) >= 11 is 6.11. The number of hydrogen-bond acceptors (Lipinski definition) is 4. The van der Waals surface area contributed by atoms with Gasteiger partial charge < -0.3 is 4.74 Å². The van der Waals surface area contributed by atoms with E-state index < -0.39 is 0 Å². The molecule has 0 heterocycles. The van der Waals surface area contributed by atoms with Crippen LogP contribution in [0.15, 0.2) is 18.2 Å². The monoisotopic (exact) mass is 266 g/mol. The molecule has 0 aliphatic rings. The lowest BCUT2D eigenvalue weighted by Crippen LogP contribution is -2.25. The summed E-state index contributed by atoms with van der Waals surface area (Å²) in [5.74, 6) is 0.608. The maximum absolute atomic E-state index is 11.3. The predicted molar refractivity (Wildman–Crippen MR) is 69.6 cm³/mol. The molecular formula is C13H15ClN2O2. The van der Waals surface area contributed by atoms with Crippen LogP contribution in [-0.4, -0.2) is 31.4 Å². The van der Waals surface area contributed by atoms with Crippen molar-refractivity contribution in [2.75, 3.05) is 20.7 Å². The largest absolute Gasteiger partial charge is 0.497 e. The van der Waals surface area contributed by atoms with Crippen molar-refractivity contribution < 1.29 is 9.53 Å². The lowest BCUT2D eigenvalue weighted by atomic mass is 10.2. The molecule has 0 aliphatic carbocycles. The number of hydrogen-bond donors (Lipinski definition) is 0. The Labute approximate surface area is 112 Å². The quantitative estimate of drug-likeness (QED) is 0.793. The van der Waals surface area contributed by atoms with Crippen molar-refractivity contribution in [1.82, 2.24) is 4.90 Å². The van der Waals surface area contributed by atoms with Gasteiger partial charge in [-0.15, -0.1) is 0 Å². The smallest absolute Gasteiger partial charge is 0.160 e. The van der Waals surface area contributed by atoms with Gasteiger partial charge in [-0.3, -0.25) is 9.69 Å². The van der Waals surface area contributed by atoms with Crippen LogP contribution in [0.1, 0.15) is 12.0 Å². The minimum Gasteiger partial charge on any atom is -0.497 e. The molecule has 0 aliphatic heterocycles. The third kappa shape index (κ3) is 4.36. The third-order valence-corrected chi connectivity index (χ3v) is 2.77. The first-order valence-electron chi connectivity index (χ1n) is 5.46. The number of ether oxygens (including phenoxy) is 1. The molecule has 4 nitrogen and oxygen atoms in total. The maximum atomic E-state index is 11.3. The second kappa shape index (κ2) is 7.00. The van der Waals surface area contributed by atoms with Gasteiger partial charge in [0, 0.05) is 11.6 Å². The highest BCUT2D eigenvalue weighted by Crippen LogP contribution is 2.23. The normalized spacial score (nSPS) is 10.2. The van der Waals surface area contributed by atoms with E-state index in [1.54, 1.807) is 13.2 Å². The first-order chi connectivity index (χ1) is 8.56. The van der Waals surface area contributed by atoms with Crippen molar-refractivity contribution in [1.29, 1.82) is 5.26 Å². The minimum atomic E-state index is -0.0929. The van der Waals surface area contributed by atoms with E-state index in [0.717, 1.165) is 5.56 Å². The molecule has 0 saturated carbocycles. The van der Waals surface area contributed by atoms with E-state index in [2.05, 4.69) is 0 Å². The fraction of sp³-hybridized carbons (Fsp3) is 0.385. The number of likely N-dealkylation sites (N-methyl/N-ethyl adjacent to an activating group) is 1. The summed E-state index contributed by atoms with van der Waals surface area (Å²) in [6, 6.07) is 7.28. The summed E-state index contributed by atoms with van der Waals surface area (Å²) in [5, 5.41) is 9.02. The Morgan fingerprint density at radius 1 is 1.56 bits per heavy atom. The molecule has 0 unspecified atom stereocenters. The Bertz CT molecular complexity index is 469. The van der Waals surface area contributed by atoms with Crippen molar-refractivity contribution >= 4 is 17.4 Å². The van der Waals surface area contributed by atoms with E-state index in [1.807, 2.05) is 30.1 Å². The number of nitriles is 1. The lowest BCUT2D eigenvalue weighted by Gasteiger charge is -2.16. The number of rotatable bonds is 6. The maximum Gasteiger partial charge on any atom is 0.160 e. The first kappa shape index (κ1) is 14.5. The Hall–Kier alpha value is -1.57. The van der Waals surface area contributed by atoms with Gasteiger partial charge in [0.25, 0.3) is 0 Å². The van der Waals surface area contributed by atoms with Gasteiger partial charge in [0.1, 0.15) is 5.75 Å². The van der Waals surface area contributed by atoms with Crippen LogP contribution in [0.25, 0.3) is 0 Å². The summed E-state index contributed by atoms with van der Waals surface area (Å²) in [4.78, 5) is 13.1. The highest BCUT2D eigenvalue weighted by Gasteiger charge is 2.09. The number of carbonyl (C=O) groups excluding carboxylic acids is 1. The van der Waals surface area contributed by atoms with Crippen LogP contribution in [0, 0.1) is 11.3 Å². The highest BCUT2D eigenvalue weighted by molar-refractivity contribution is 6.31. The van der Waals surface area contributed by atoms with Crippen LogP contribution in [-0.2, 0) is 11.3 Å². The van der Waals surface area contributed by atoms with E-state index in [1.165, 1.54) is 0 Å². The fourth-order valence-corrected chi connectivity index (χ4v) is 1.81. The molecular weight excluding hydrogens is 252 g/mol. The molecule has 0 aromatic heterocycles. The standard InChI is InChI=1S/C13H15ClN2O2/c1-16(9-11(17)5-6-15)8-10-3-4-12(18-2)7-13(10)14/h3-4,7H,5,8-9H2,1-2H3. The van der Waals surface area contributed by atoms with Crippen molar-refractivity contribution in [3.63, 3.8) is 0 Å². The van der Waals surface area contributed by atoms with Gasteiger partial charge >= 0.3 is 0 Å². The van der Waals surface area contributed by atoms with Gasteiger partial charge in [0.2, 0.25) is 0 Å². The van der Waals surface area contributed by atoms with Crippen LogP contribution < -0.4 is 4.74 Å². The average Bonchev–Trinajstić information content (AvgIpc) is 2.31. The highest BCUT2D eigenvalue weighted by atomic mass is 35.5. The van der Waals surface area contributed by atoms with Crippen molar-refractivity contribution in [2.45, 2.75) is 13.0 Å². The van der Waals surface area contributed by atoms with Gasteiger partial charge in [0.15, 0.2) is 5.78 Å². The summed E-state index contributed by atoms with van der Waals surface area (Å²) in [6.45, 7) is 0.802. The van der Waals surface area contributed by atoms with E-state index in [4.69, 9.17) is 21.6 Å². The SMILES string of the molecule is COc1ccc(CN(C)CC(=O)CC#N)c(Cl)c1. The summed E-state index contributed by atoms with van der Waals surface area (Å²) in [6.07, 6.45) is -0.0549. The number of carbonyl (C=O) groups is 1.